The molecule has 3 nitrogen and oxygen atoms in total. The minimum Gasteiger partial charge on any atom is -0.383 e. The van der Waals surface area contributed by atoms with Crippen LogP contribution in [0.5, 0.6) is 0 Å². The third kappa shape index (κ3) is 3.06. The van der Waals surface area contributed by atoms with Gasteiger partial charge in [0.25, 0.3) is 0 Å². The van der Waals surface area contributed by atoms with Gasteiger partial charge in [0.05, 0.1) is 12.6 Å². The molecule has 78 valence electrons. The van der Waals surface area contributed by atoms with E-state index in [1.54, 1.807) is 7.11 Å². The lowest BCUT2D eigenvalue weighted by atomic mass is 10.1. The predicted octanol–water partition coefficient (Wildman–Crippen LogP) is 1.91. The summed E-state index contributed by atoms with van der Waals surface area (Å²) in [6, 6.07) is 6.23. The predicted molar refractivity (Wildman–Crippen MR) is 60.8 cm³/mol. The van der Waals surface area contributed by atoms with Crippen LogP contribution in [-0.4, -0.2) is 13.7 Å². The van der Waals surface area contributed by atoms with E-state index in [1.807, 2.05) is 6.07 Å². The molecule has 0 saturated heterocycles. The van der Waals surface area contributed by atoms with E-state index >= 15 is 0 Å². The van der Waals surface area contributed by atoms with E-state index in [4.69, 9.17) is 10.6 Å². The Labute approximate surface area is 92.7 Å². The van der Waals surface area contributed by atoms with E-state index in [0.29, 0.717) is 6.61 Å². The van der Waals surface area contributed by atoms with Gasteiger partial charge in [-0.15, -0.1) is 0 Å². The normalized spacial score (nSPS) is 12.9. The van der Waals surface area contributed by atoms with Crippen LogP contribution in [0.2, 0.25) is 0 Å². The summed E-state index contributed by atoms with van der Waals surface area (Å²) in [5.41, 5.74) is 5.05. The topological polar surface area (TPSA) is 47.3 Å². The number of hydrazine groups is 1. The summed E-state index contributed by atoms with van der Waals surface area (Å²) in [7, 11) is 1.66. The molecule has 1 aromatic carbocycles. The Bertz CT molecular complexity index is 284. The van der Waals surface area contributed by atoms with Crippen LogP contribution in [0.25, 0.3) is 0 Å². The number of halogens is 1. The molecule has 1 aromatic rings. The molecule has 14 heavy (non-hydrogen) atoms. The summed E-state index contributed by atoms with van der Waals surface area (Å²) in [5, 5.41) is 0. The molecule has 3 N–H and O–H groups in total. The number of ether oxygens (including phenoxy) is 1. The minimum atomic E-state index is 0.0381. The molecule has 0 aromatic heterocycles. The minimum absolute atomic E-state index is 0.0381. The molecule has 1 rings (SSSR count). The Morgan fingerprint density at radius 3 is 2.71 bits per heavy atom. The summed E-state index contributed by atoms with van der Waals surface area (Å²) in [6.07, 6.45) is 0. The first-order valence-electron chi connectivity index (χ1n) is 4.39. The maximum absolute atomic E-state index is 5.45. The zero-order chi connectivity index (χ0) is 10.6. The highest BCUT2D eigenvalue weighted by Crippen LogP contribution is 2.20. The fourth-order valence-electron chi connectivity index (χ4n) is 1.37. The lowest BCUT2D eigenvalue weighted by Gasteiger charge is -2.16. The zero-order valence-corrected chi connectivity index (χ0v) is 9.97. The maximum atomic E-state index is 5.45. The zero-order valence-electron chi connectivity index (χ0n) is 8.38. The number of methoxy groups -OCH3 is 1. The maximum Gasteiger partial charge on any atom is 0.0694 e. The summed E-state index contributed by atoms with van der Waals surface area (Å²) in [5.74, 6) is 5.45. The van der Waals surface area contributed by atoms with Crippen LogP contribution in [0, 0.1) is 6.92 Å². The van der Waals surface area contributed by atoms with Crippen molar-refractivity contribution in [3.63, 3.8) is 0 Å². The third-order valence-corrected chi connectivity index (χ3v) is 2.46. The number of hydrogen-bond acceptors (Lipinski definition) is 3. The first kappa shape index (κ1) is 11.7. The number of hydrogen-bond donors (Lipinski definition) is 2. The van der Waals surface area contributed by atoms with Crippen molar-refractivity contribution in [2.24, 2.45) is 5.84 Å². The van der Waals surface area contributed by atoms with Crippen LogP contribution in [0.1, 0.15) is 17.2 Å². The molecule has 0 spiro atoms. The van der Waals surface area contributed by atoms with Crippen molar-refractivity contribution in [3.05, 3.63) is 33.8 Å². The van der Waals surface area contributed by atoms with Crippen LogP contribution in [-0.2, 0) is 4.74 Å². The van der Waals surface area contributed by atoms with Crippen LogP contribution in [0.15, 0.2) is 22.7 Å². The molecule has 1 atom stereocenters. The van der Waals surface area contributed by atoms with Crippen molar-refractivity contribution in [2.45, 2.75) is 13.0 Å². The Morgan fingerprint density at radius 1 is 1.50 bits per heavy atom. The average Bonchev–Trinajstić information content (AvgIpc) is 2.12. The van der Waals surface area contributed by atoms with Gasteiger partial charge in [0.15, 0.2) is 0 Å². The van der Waals surface area contributed by atoms with Crippen molar-refractivity contribution >= 4 is 15.9 Å². The summed E-state index contributed by atoms with van der Waals surface area (Å²) < 4.78 is 6.13. The summed E-state index contributed by atoms with van der Waals surface area (Å²) in [6.45, 7) is 2.61. The molecule has 0 aliphatic carbocycles. The molecule has 0 fully saturated rings. The van der Waals surface area contributed by atoms with Crippen molar-refractivity contribution < 1.29 is 4.74 Å². The van der Waals surface area contributed by atoms with Gasteiger partial charge in [-0.05, 0) is 30.2 Å². The highest BCUT2D eigenvalue weighted by atomic mass is 79.9. The summed E-state index contributed by atoms with van der Waals surface area (Å²) in [4.78, 5) is 0. The molecule has 4 heteroatoms. The van der Waals surface area contributed by atoms with Gasteiger partial charge < -0.3 is 4.74 Å². The molecule has 1 unspecified atom stereocenters. The van der Waals surface area contributed by atoms with E-state index in [1.165, 1.54) is 5.56 Å². The highest BCUT2D eigenvalue weighted by molar-refractivity contribution is 9.10. The molecule has 0 saturated carbocycles. The second-order valence-electron chi connectivity index (χ2n) is 3.24. The molecule has 0 bridgehead atoms. The smallest absolute Gasteiger partial charge is 0.0694 e. The van der Waals surface area contributed by atoms with E-state index in [9.17, 15) is 0 Å². The standard InChI is InChI=1S/C10H15BrN2O/c1-7-3-8(5-9(11)4-7)10(13-12)6-14-2/h3-5,10,13H,6,12H2,1-2H3. The Hall–Kier alpha value is -0.420. The van der Waals surface area contributed by atoms with Gasteiger partial charge in [-0.2, -0.15) is 0 Å². The van der Waals surface area contributed by atoms with Crippen LogP contribution < -0.4 is 11.3 Å². The monoisotopic (exact) mass is 258 g/mol. The van der Waals surface area contributed by atoms with Crippen molar-refractivity contribution in [1.29, 1.82) is 0 Å². The second-order valence-corrected chi connectivity index (χ2v) is 4.15. The van der Waals surface area contributed by atoms with Crippen LogP contribution >= 0.6 is 15.9 Å². The molecule has 0 amide bonds. The molecule has 0 aliphatic heterocycles. The van der Waals surface area contributed by atoms with Crippen LogP contribution in [0.3, 0.4) is 0 Å². The lowest BCUT2D eigenvalue weighted by molar-refractivity contribution is 0.167. The van der Waals surface area contributed by atoms with Crippen molar-refractivity contribution in [2.75, 3.05) is 13.7 Å². The molecule has 0 aliphatic rings. The van der Waals surface area contributed by atoms with Gasteiger partial charge in [-0.1, -0.05) is 22.0 Å². The first-order chi connectivity index (χ1) is 6.67. The largest absolute Gasteiger partial charge is 0.383 e. The van der Waals surface area contributed by atoms with Gasteiger partial charge in [-0.3, -0.25) is 11.3 Å². The number of benzene rings is 1. The molecular formula is C10H15BrN2O. The molecular weight excluding hydrogens is 244 g/mol. The average molecular weight is 259 g/mol. The number of aryl methyl sites for hydroxylation is 1. The molecule has 0 radical (unpaired) electrons. The van der Waals surface area contributed by atoms with Gasteiger partial charge in [0, 0.05) is 11.6 Å². The second kappa shape index (κ2) is 5.46. The van der Waals surface area contributed by atoms with Gasteiger partial charge in [-0.25, -0.2) is 0 Å². The van der Waals surface area contributed by atoms with Gasteiger partial charge in [0.2, 0.25) is 0 Å². The first-order valence-corrected chi connectivity index (χ1v) is 5.19. The SMILES string of the molecule is COCC(NN)c1cc(C)cc(Br)c1. The fraction of sp³-hybridized carbons (Fsp3) is 0.400. The highest BCUT2D eigenvalue weighted by Gasteiger charge is 2.09. The number of nitrogens with two attached hydrogens (primary N) is 1. The Kier molecular flexibility index (Phi) is 4.54. The Balaban J connectivity index is 2.91. The third-order valence-electron chi connectivity index (χ3n) is 2.00. The van der Waals surface area contributed by atoms with Crippen molar-refractivity contribution in [1.82, 2.24) is 5.43 Å². The van der Waals surface area contributed by atoms with Crippen molar-refractivity contribution in [3.8, 4) is 0 Å². The van der Waals surface area contributed by atoms with E-state index in [0.717, 1.165) is 10.0 Å². The van der Waals surface area contributed by atoms with E-state index in [2.05, 4.69) is 40.4 Å². The summed E-state index contributed by atoms with van der Waals surface area (Å²) >= 11 is 3.45. The van der Waals surface area contributed by atoms with E-state index < -0.39 is 0 Å². The number of nitrogens with one attached hydrogen (secondary N) is 1. The fourth-order valence-corrected chi connectivity index (χ4v) is 2.00. The lowest BCUT2D eigenvalue weighted by Crippen LogP contribution is -2.31. The van der Waals surface area contributed by atoms with Gasteiger partial charge >= 0.3 is 0 Å². The quantitative estimate of drug-likeness (QED) is 0.641. The molecule has 0 heterocycles. The van der Waals surface area contributed by atoms with Crippen LogP contribution in [0.4, 0.5) is 0 Å². The van der Waals surface area contributed by atoms with E-state index in [-0.39, 0.29) is 6.04 Å². The van der Waals surface area contributed by atoms with Gasteiger partial charge in [0.1, 0.15) is 0 Å². The number of rotatable bonds is 4. The Morgan fingerprint density at radius 2 is 2.21 bits per heavy atom.